The molecule has 37 heteroatoms. The molecule has 0 aromatic rings. The van der Waals surface area contributed by atoms with Gasteiger partial charge in [-0.3, -0.25) is 13.8 Å². The monoisotopic (exact) mass is 1140 g/mol. The number of phosphoric acid groups is 1. The van der Waals surface area contributed by atoms with Gasteiger partial charge in [0.25, 0.3) is 5.79 Å². The molecule has 1 amide bonds. The maximum Gasteiger partial charge on any atom is 0.472 e. The smallest absolute Gasteiger partial charge is 0.472 e. The molecule has 0 saturated carbocycles. The molecule has 5 heterocycles. The Morgan fingerprint density at radius 1 is 0.618 bits per heavy atom. The summed E-state index contributed by atoms with van der Waals surface area (Å²) in [7, 11) is -5.04. The van der Waals surface area contributed by atoms with Crippen molar-refractivity contribution in [2.45, 2.75) is 185 Å². The minimum atomic E-state index is -5.04. The van der Waals surface area contributed by atoms with Gasteiger partial charge in [0.1, 0.15) is 134 Å². The second kappa shape index (κ2) is 27.6. The first-order valence-electron chi connectivity index (χ1n) is 23.3. The largest absolute Gasteiger partial charge is 0.477 e. The van der Waals surface area contributed by atoms with Crippen LogP contribution in [0.5, 0.6) is 0 Å². The zero-order valence-corrected chi connectivity index (χ0v) is 40.8. The Balaban J connectivity index is 1.58. The molecular formula is C39H69N2O34P. The third-order valence-electron chi connectivity index (χ3n) is 12.9. The van der Waals surface area contributed by atoms with Gasteiger partial charge in [-0.05, 0) is 0 Å². The standard InChI is InChI=1S/C39H69N2O34P/c1-10(46)41-17-19(53)18(52)16(8-45)67-34(17)73-32-22(56)20(54)27(13(49)6-43)70-37(32)74-33-23(57)21(55)26(12(48)5-42)69-36(33)72-31-24(58)28(15(51)9-66-76(63,64)65-3-2-40)68-35(25(31)59)71-29-11(47)4-39(62,38(60)61)75-30(29)14(50)7-44/h11-37,42-45,47-59,62H,2-9,40H2,1H3,(H,41,46)(H,60,61)(H,63,64)/t11-,12+,13-,14-,15+,16-,17-,18-,19-,20+,21+,22+,23+,24-,25+,26-,27-,28-,29-,30-,31+,32+,33+,34+,35-,36-,37-,39-/m1/s1. The van der Waals surface area contributed by atoms with Crippen LogP contribution in [-0.4, -0.2) is 331 Å². The van der Waals surface area contributed by atoms with Crippen molar-refractivity contribution < 1.29 is 168 Å². The molecule has 76 heavy (non-hydrogen) atoms. The summed E-state index contributed by atoms with van der Waals surface area (Å²) in [5, 5.41) is 207. The van der Waals surface area contributed by atoms with Gasteiger partial charge in [0.05, 0.1) is 45.7 Å². The summed E-state index contributed by atoms with van der Waals surface area (Å²) in [5.74, 6) is -6.18. The van der Waals surface area contributed by atoms with Crippen LogP contribution >= 0.6 is 7.82 Å². The van der Waals surface area contributed by atoms with Crippen molar-refractivity contribution in [1.29, 1.82) is 0 Å². The Bertz CT molecular complexity index is 1890. The van der Waals surface area contributed by atoms with Gasteiger partial charge in [-0.15, -0.1) is 0 Å². The summed E-state index contributed by atoms with van der Waals surface area (Å²) in [6, 6.07) is -1.77. The summed E-state index contributed by atoms with van der Waals surface area (Å²) in [6.45, 7) is -5.79. The van der Waals surface area contributed by atoms with Crippen LogP contribution in [0, 0.1) is 0 Å². The number of carboxylic acids is 1. The molecule has 0 radical (unpaired) electrons. The number of carbonyl (C=O) groups excluding carboxylic acids is 1. The van der Waals surface area contributed by atoms with E-state index in [9.17, 15) is 116 Å². The number of carboxylic acid groups (broad SMARTS) is 1. The molecule has 5 rings (SSSR count). The number of rotatable bonds is 24. The first-order chi connectivity index (χ1) is 35.6. The van der Waals surface area contributed by atoms with Crippen molar-refractivity contribution >= 4 is 19.7 Å². The van der Waals surface area contributed by atoms with Crippen LogP contribution in [0.3, 0.4) is 0 Å². The molecule has 1 unspecified atom stereocenters. The van der Waals surface area contributed by atoms with E-state index in [1.54, 1.807) is 0 Å². The number of aliphatic hydroxyl groups is 18. The van der Waals surface area contributed by atoms with E-state index in [-0.39, 0.29) is 6.54 Å². The lowest BCUT2D eigenvalue weighted by Crippen LogP contribution is -2.70. The molecule has 0 spiro atoms. The van der Waals surface area contributed by atoms with E-state index in [0.717, 1.165) is 6.92 Å². The summed E-state index contributed by atoms with van der Waals surface area (Å²) in [4.78, 5) is 34.2. The number of hydrogen-bond acceptors (Lipinski definition) is 33. The SMILES string of the molecule is CC(=O)N[C@H]1[C@H](O[C@@H]2[C@@H](O[C@@H]3[C@@H](O[C@@H]4[C@H](O)[C@@H](O[C@H]5[C@@H]([C@H](O)CO)O[C@@](O)(C(=O)O)C[C@H]5O)O[C@H]([C@@H](O)COP(=O)(O)OCCN)[C@H]4O)O[C@H]([C@@H](O)CO)[C@@H](O)[C@@H]3O)O[C@H]([C@H](O)CO)[C@@H](O)[C@@H]2O)O[C@H](CO)[C@@H](O)[C@@H]1O. The molecule has 29 atom stereocenters. The van der Waals surface area contributed by atoms with Crippen LogP contribution in [0.4, 0.5) is 0 Å². The van der Waals surface area contributed by atoms with Gasteiger partial charge in [-0.2, -0.15) is 0 Å². The second-order valence-corrected chi connectivity index (χ2v) is 19.8. The third kappa shape index (κ3) is 14.7. The van der Waals surface area contributed by atoms with Crippen molar-refractivity contribution in [2.75, 3.05) is 46.2 Å². The molecule has 5 aliphatic heterocycles. The lowest BCUT2D eigenvalue weighted by atomic mass is 9.91. The average molecular weight is 1140 g/mol. The lowest BCUT2D eigenvalue weighted by molar-refractivity contribution is -0.409. The topological polar surface area (TPSA) is 595 Å². The minimum absolute atomic E-state index is 0.290. The number of amides is 1. The van der Waals surface area contributed by atoms with Gasteiger partial charge in [-0.1, -0.05) is 0 Å². The number of nitrogens with two attached hydrogens (primary N) is 1. The summed E-state index contributed by atoms with van der Waals surface area (Å²) < 4.78 is 73.2. The Kier molecular flexibility index (Phi) is 23.5. The minimum Gasteiger partial charge on any atom is -0.477 e. The van der Waals surface area contributed by atoms with E-state index in [2.05, 4.69) is 9.84 Å². The number of ether oxygens (including phenoxy) is 9. The van der Waals surface area contributed by atoms with Gasteiger partial charge in [-0.25, -0.2) is 9.36 Å². The number of nitrogens with one attached hydrogen (secondary N) is 1. The van der Waals surface area contributed by atoms with Crippen molar-refractivity contribution in [2.24, 2.45) is 5.73 Å². The number of carbonyl (C=O) groups is 2. The predicted molar refractivity (Wildman–Crippen MR) is 231 cm³/mol. The molecule has 444 valence electrons. The zero-order chi connectivity index (χ0) is 56.9. The van der Waals surface area contributed by atoms with E-state index in [1.807, 2.05) is 0 Å². The van der Waals surface area contributed by atoms with Gasteiger partial charge >= 0.3 is 13.8 Å². The normalized spacial score (nSPS) is 44.8. The van der Waals surface area contributed by atoms with E-state index in [4.69, 9.17) is 52.9 Å². The summed E-state index contributed by atoms with van der Waals surface area (Å²) in [5.41, 5.74) is 5.29. The van der Waals surface area contributed by atoms with E-state index in [0.29, 0.717) is 0 Å². The highest BCUT2D eigenvalue weighted by Gasteiger charge is 2.60. The molecule has 0 aromatic carbocycles. The van der Waals surface area contributed by atoms with E-state index >= 15 is 0 Å². The molecule has 0 bridgehead atoms. The number of hydrogen-bond donors (Lipinski definition) is 22. The summed E-state index contributed by atoms with van der Waals surface area (Å²) in [6.07, 6.45) is -59.7. The fraction of sp³-hybridized carbons (Fsp3) is 0.949. The molecule has 0 aromatic heterocycles. The quantitative estimate of drug-likeness (QED) is 0.0399. The fourth-order valence-corrected chi connectivity index (χ4v) is 9.62. The van der Waals surface area contributed by atoms with Crippen LogP contribution < -0.4 is 11.1 Å². The molecule has 5 fully saturated rings. The fourth-order valence-electron chi connectivity index (χ4n) is 8.87. The van der Waals surface area contributed by atoms with Crippen LogP contribution in [-0.2, 0) is 65.8 Å². The van der Waals surface area contributed by atoms with Gasteiger partial charge in [0.15, 0.2) is 25.2 Å². The number of aliphatic carboxylic acids is 1. The van der Waals surface area contributed by atoms with E-state index < -0.39 is 237 Å². The molecule has 36 nitrogen and oxygen atoms in total. The Morgan fingerprint density at radius 3 is 1.58 bits per heavy atom. The highest BCUT2D eigenvalue weighted by Crippen LogP contribution is 2.44. The first kappa shape index (κ1) is 64.7. The Labute approximate surface area is 428 Å². The maximum atomic E-state index is 12.5. The number of aliphatic hydroxyl groups excluding tert-OH is 17. The maximum absolute atomic E-state index is 12.5. The van der Waals surface area contributed by atoms with Gasteiger partial charge in [0, 0.05) is 19.9 Å². The Hall–Kier alpha value is -2.07. The zero-order valence-electron chi connectivity index (χ0n) is 39.9. The van der Waals surface area contributed by atoms with Gasteiger partial charge in [0.2, 0.25) is 5.91 Å². The van der Waals surface area contributed by atoms with Crippen LogP contribution in [0.25, 0.3) is 0 Å². The third-order valence-corrected chi connectivity index (χ3v) is 13.9. The van der Waals surface area contributed by atoms with Crippen molar-refractivity contribution in [3.05, 3.63) is 0 Å². The predicted octanol–water partition coefficient (Wildman–Crippen LogP) is -13.8. The highest BCUT2D eigenvalue weighted by molar-refractivity contribution is 7.47. The van der Waals surface area contributed by atoms with Crippen LogP contribution in [0.1, 0.15) is 13.3 Å². The highest BCUT2D eigenvalue weighted by atomic mass is 31.2. The molecule has 5 saturated heterocycles. The first-order valence-corrected chi connectivity index (χ1v) is 24.8. The van der Waals surface area contributed by atoms with E-state index in [1.165, 1.54) is 0 Å². The molecule has 5 aliphatic rings. The molecule has 23 N–H and O–H groups in total. The number of phosphoric ester groups is 1. The van der Waals surface area contributed by atoms with Crippen molar-refractivity contribution in [1.82, 2.24) is 5.32 Å². The van der Waals surface area contributed by atoms with Crippen LogP contribution in [0.15, 0.2) is 0 Å². The van der Waals surface area contributed by atoms with Crippen molar-refractivity contribution in [3.8, 4) is 0 Å². The second-order valence-electron chi connectivity index (χ2n) is 18.3. The summed E-state index contributed by atoms with van der Waals surface area (Å²) >= 11 is 0. The molecule has 0 aliphatic carbocycles. The van der Waals surface area contributed by atoms with Crippen molar-refractivity contribution in [3.63, 3.8) is 0 Å². The Morgan fingerprint density at radius 2 is 1.09 bits per heavy atom. The molecular weight excluding hydrogens is 1070 g/mol. The van der Waals surface area contributed by atoms with Crippen LogP contribution in [0.2, 0.25) is 0 Å². The average Bonchev–Trinajstić information content (AvgIpc) is 3.37. The lowest BCUT2D eigenvalue weighted by Gasteiger charge is -2.51. The van der Waals surface area contributed by atoms with Gasteiger partial charge < -0.3 is 156 Å².